The zero-order valence-corrected chi connectivity index (χ0v) is 8.07. The molecule has 0 aromatic heterocycles. The van der Waals surface area contributed by atoms with E-state index >= 15 is 0 Å². The summed E-state index contributed by atoms with van der Waals surface area (Å²) in [6.07, 6.45) is 4.02. The van der Waals surface area contributed by atoms with E-state index in [0.29, 0.717) is 0 Å². The molecule has 0 N–H and O–H groups in total. The topological polar surface area (TPSA) is 0 Å². The van der Waals surface area contributed by atoms with E-state index in [2.05, 4.69) is 33.9 Å². The van der Waals surface area contributed by atoms with Gasteiger partial charge in [0.25, 0.3) is 0 Å². The molecule has 0 spiro atoms. The second-order valence-corrected chi connectivity index (χ2v) is 3.95. The zero-order valence-electron chi connectivity index (χ0n) is 8.07. The van der Waals surface area contributed by atoms with Crippen LogP contribution in [0.3, 0.4) is 0 Å². The van der Waals surface area contributed by atoms with Crippen molar-refractivity contribution in [3.8, 4) is 0 Å². The Labute approximate surface area is 70.3 Å². The van der Waals surface area contributed by atoms with Gasteiger partial charge < -0.3 is 0 Å². The summed E-state index contributed by atoms with van der Waals surface area (Å²) >= 11 is 0. The van der Waals surface area contributed by atoms with E-state index in [4.69, 9.17) is 0 Å². The monoisotopic (exact) mass is 150 g/mol. The Hall–Kier alpha value is -0.780. The maximum Gasteiger partial charge on any atom is -0.0138 e. The molecule has 0 aliphatic carbocycles. The molecule has 0 heterocycles. The fraction of sp³-hybridized carbons (Fsp3) is 0.455. The normalized spacial score (nSPS) is 12.0. The van der Waals surface area contributed by atoms with Crippen molar-refractivity contribution in [1.29, 1.82) is 0 Å². The summed E-state index contributed by atoms with van der Waals surface area (Å²) in [7, 11) is 0. The van der Waals surface area contributed by atoms with E-state index in [1.165, 1.54) is 0 Å². The summed E-state index contributed by atoms with van der Waals surface area (Å²) in [5.41, 5.74) is 2.38. The molecule has 0 atom stereocenters. The molecular weight excluding hydrogens is 132 g/mol. The van der Waals surface area contributed by atoms with Gasteiger partial charge in [-0.15, -0.1) is 0 Å². The largest absolute Gasteiger partial charge is 0.0961 e. The van der Waals surface area contributed by atoms with Crippen molar-refractivity contribution < 1.29 is 0 Å². The SMILES string of the molecule is C=C(C)/C=C\C(=C)C(C)(C)C. The van der Waals surface area contributed by atoms with Crippen molar-refractivity contribution in [2.45, 2.75) is 27.7 Å². The predicted octanol–water partition coefficient (Wildman–Crippen LogP) is 3.72. The van der Waals surface area contributed by atoms with Gasteiger partial charge in [0.2, 0.25) is 0 Å². The predicted molar refractivity (Wildman–Crippen MR) is 52.5 cm³/mol. The Balaban J connectivity index is 4.20. The zero-order chi connectivity index (χ0) is 9.07. The highest BCUT2D eigenvalue weighted by Gasteiger charge is 2.11. The molecule has 0 aromatic carbocycles. The molecular formula is C11H18. The Bertz CT molecular complexity index is 187. The summed E-state index contributed by atoms with van der Waals surface area (Å²) in [6.45, 7) is 16.2. The Kier molecular flexibility index (Phi) is 3.31. The van der Waals surface area contributed by atoms with Crippen LogP contribution in [0.2, 0.25) is 0 Å². The molecule has 62 valence electrons. The third-order valence-electron chi connectivity index (χ3n) is 1.53. The smallest absolute Gasteiger partial charge is 0.0138 e. The van der Waals surface area contributed by atoms with Gasteiger partial charge in [-0.3, -0.25) is 0 Å². The second kappa shape index (κ2) is 3.56. The molecule has 0 aromatic rings. The van der Waals surface area contributed by atoms with Crippen LogP contribution in [0.25, 0.3) is 0 Å². The standard InChI is InChI=1S/C11H18/c1-9(2)7-8-10(3)11(4,5)6/h7-8H,1,3H2,2,4-6H3/b8-7-. The summed E-state index contributed by atoms with van der Waals surface area (Å²) in [5, 5.41) is 0. The maximum absolute atomic E-state index is 3.97. The van der Waals surface area contributed by atoms with E-state index in [-0.39, 0.29) is 5.41 Å². The third-order valence-corrected chi connectivity index (χ3v) is 1.53. The summed E-state index contributed by atoms with van der Waals surface area (Å²) in [5.74, 6) is 0. The van der Waals surface area contributed by atoms with Gasteiger partial charge in [0.1, 0.15) is 0 Å². The third kappa shape index (κ3) is 4.60. The van der Waals surface area contributed by atoms with E-state index in [0.717, 1.165) is 11.1 Å². The van der Waals surface area contributed by atoms with E-state index in [1.807, 2.05) is 19.1 Å². The van der Waals surface area contributed by atoms with Gasteiger partial charge in [-0.25, -0.2) is 0 Å². The molecule has 0 heteroatoms. The van der Waals surface area contributed by atoms with Gasteiger partial charge in [-0.1, -0.05) is 51.7 Å². The Morgan fingerprint density at radius 2 is 1.55 bits per heavy atom. The summed E-state index contributed by atoms with van der Waals surface area (Å²) in [4.78, 5) is 0. The molecule has 0 rings (SSSR count). The van der Waals surface area contributed by atoms with Crippen LogP contribution in [0.5, 0.6) is 0 Å². The van der Waals surface area contributed by atoms with Gasteiger partial charge in [0, 0.05) is 0 Å². The van der Waals surface area contributed by atoms with Gasteiger partial charge in [0.05, 0.1) is 0 Å². The van der Waals surface area contributed by atoms with Crippen molar-refractivity contribution in [1.82, 2.24) is 0 Å². The summed E-state index contributed by atoms with van der Waals surface area (Å²) < 4.78 is 0. The van der Waals surface area contributed by atoms with Crippen LogP contribution in [0.4, 0.5) is 0 Å². The highest BCUT2D eigenvalue weighted by molar-refractivity contribution is 5.26. The highest BCUT2D eigenvalue weighted by atomic mass is 14.2. The minimum absolute atomic E-state index is 0.173. The molecule has 11 heavy (non-hydrogen) atoms. The Morgan fingerprint density at radius 1 is 1.09 bits per heavy atom. The van der Waals surface area contributed by atoms with Crippen LogP contribution < -0.4 is 0 Å². The Morgan fingerprint density at radius 3 is 1.82 bits per heavy atom. The van der Waals surface area contributed by atoms with E-state index in [9.17, 15) is 0 Å². The van der Waals surface area contributed by atoms with Crippen molar-refractivity contribution in [3.05, 3.63) is 36.5 Å². The fourth-order valence-corrected chi connectivity index (χ4v) is 0.493. The van der Waals surface area contributed by atoms with Crippen LogP contribution in [0.15, 0.2) is 36.5 Å². The molecule has 0 aliphatic rings. The minimum atomic E-state index is 0.173. The molecule has 0 aliphatic heterocycles. The van der Waals surface area contributed by atoms with Gasteiger partial charge in [-0.05, 0) is 17.9 Å². The minimum Gasteiger partial charge on any atom is -0.0961 e. The molecule has 0 unspecified atom stereocenters. The highest BCUT2D eigenvalue weighted by Crippen LogP contribution is 2.24. The van der Waals surface area contributed by atoms with Crippen molar-refractivity contribution in [2.24, 2.45) is 5.41 Å². The van der Waals surface area contributed by atoms with Gasteiger partial charge in [0.15, 0.2) is 0 Å². The van der Waals surface area contributed by atoms with Crippen molar-refractivity contribution in [3.63, 3.8) is 0 Å². The lowest BCUT2D eigenvalue weighted by molar-refractivity contribution is 0.519. The first-order valence-electron chi connectivity index (χ1n) is 3.87. The molecule has 0 amide bonds. The van der Waals surface area contributed by atoms with Crippen LogP contribution in [-0.4, -0.2) is 0 Å². The van der Waals surface area contributed by atoms with Crippen LogP contribution >= 0.6 is 0 Å². The molecule has 0 radical (unpaired) electrons. The second-order valence-electron chi connectivity index (χ2n) is 3.95. The average Bonchev–Trinajstić information content (AvgIpc) is 1.80. The van der Waals surface area contributed by atoms with E-state index < -0.39 is 0 Å². The average molecular weight is 150 g/mol. The first-order chi connectivity index (χ1) is 4.84. The maximum atomic E-state index is 3.97. The quantitative estimate of drug-likeness (QED) is 0.526. The number of rotatable bonds is 2. The number of allylic oxidation sites excluding steroid dienone is 4. The lowest BCUT2D eigenvalue weighted by atomic mass is 9.87. The fourth-order valence-electron chi connectivity index (χ4n) is 0.493. The molecule has 0 saturated carbocycles. The number of hydrogen-bond donors (Lipinski definition) is 0. The van der Waals surface area contributed by atoms with Crippen LogP contribution in [0, 0.1) is 5.41 Å². The lowest BCUT2D eigenvalue weighted by Crippen LogP contribution is -2.05. The lowest BCUT2D eigenvalue weighted by Gasteiger charge is -2.18. The number of hydrogen-bond acceptors (Lipinski definition) is 0. The first-order valence-corrected chi connectivity index (χ1v) is 3.87. The molecule has 0 fully saturated rings. The molecule has 0 bridgehead atoms. The van der Waals surface area contributed by atoms with Crippen LogP contribution in [-0.2, 0) is 0 Å². The molecule has 0 saturated heterocycles. The summed E-state index contributed by atoms with van der Waals surface area (Å²) in [6, 6.07) is 0. The molecule has 0 nitrogen and oxygen atoms in total. The van der Waals surface area contributed by atoms with Gasteiger partial charge >= 0.3 is 0 Å². The van der Waals surface area contributed by atoms with Crippen LogP contribution in [0.1, 0.15) is 27.7 Å². The van der Waals surface area contributed by atoms with Crippen molar-refractivity contribution in [2.75, 3.05) is 0 Å². The van der Waals surface area contributed by atoms with Crippen molar-refractivity contribution >= 4 is 0 Å². The first kappa shape index (κ1) is 10.2. The van der Waals surface area contributed by atoms with Gasteiger partial charge in [-0.2, -0.15) is 0 Å². The van der Waals surface area contributed by atoms with E-state index in [1.54, 1.807) is 0 Å².